The molecule has 128 valence electrons. The molecule has 2 amide bonds. The lowest BCUT2D eigenvalue weighted by Crippen LogP contribution is -2.26. The molecule has 1 aliphatic carbocycles. The topological polar surface area (TPSA) is 93.7 Å². The van der Waals surface area contributed by atoms with Crippen LogP contribution in [0.3, 0.4) is 0 Å². The third kappa shape index (κ3) is 4.34. The highest BCUT2D eigenvalue weighted by Crippen LogP contribution is 2.35. The molecule has 7 heteroatoms. The van der Waals surface area contributed by atoms with E-state index in [1.54, 1.807) is 6.20 Å². The van der Waals surface area contributed by atoms with Gasteiger partial charge in [-0.2, -0.15) is 0 Å². The SMILES string of the molecule is COC(=O)c1ccc(C(=O)OC)c(NC(=O)N/C=C(\C)C2CC2)c1. The van der Waals surface area contributed by atoms with Crippen LogP contribution in [-0.2, 0) is 9.47 Å². The van der Waals surface area contributed by atoms with Crippen LogP contribution in [-0.4, -0.2) is 32.2 Å². The van der Waals surface area contributed by atoms with Crippen LogP contribution >= 0.6 is 0 Å². The van der Waals surface area contributed by atoms with Crippen LogP contribution in [0.15, 0.2) is 30.0 Å². The van der Waals surface area contributed by atoms with Crippen molar-refractivity contribution in [3.8, 4) is 0 Å². The van der Waals surface area contributed by atoms with Crippen LogP contribution in [0.25, 0.3) is 0 Å². The molecule has 2 N–H and O–H groups in total. The largest absolute Gasteiger partial charge is 0.465 e. The Kier molecular flexibility index (Phi) is 5.57. The second kappa shape index (κ2) is 7.63. The van der Waals surface area contributed by atoms with Crippen molar-refractivity contribution < 1.29 is 23.9 Å². The number of anilines is 1. The summed E-state index contributed by atoms with van der Waals surface area (Å²) < 4.78 is 9.33. The fraction of sp³-hybridized carbons (Fsp3) is 0.353. The van der Waals surface area contributed by atoms with Crippen molar-refractivity contribution in [2.75, 3.05) is 19.5 Å². The highest BCUT2D eigenvalue weighted by atomic mass is 16.5. The van der Waals surface area contributed by atoms with E-state index >= 15 is 0 Å². The normalized spacial score (nSPS) is 13.9. The zero-order valence-electron chi connectivity index (χ0n) is 13.8. The van der Waals surface area contributed by atoms with Crippen molar-refractivity contribution >= 4 is 23.7 Å². The first-order chi connectivity index (χ1) is 11.5. The average molecular weight is 332 g/mol. The number of ether oxygens (including phenoxy) is 2. The summed E-state index contributed by atoms with van der Waals surface area (Å²) in [6.45, 7) is 1.95. The minimum absolute atomic E-state index is 0.142. The van der Waals surface area contributed by atoms with Gasteiger partial charge in [-0.1, -0.05) is 5.57 Å². The van der Waals surface area contributed by atoms with Gasteiger partial charge in [0.2, 0.25) is 0 Å². The van der Waals surface area contributed by atoms with E-state index in [2.05, 4.69) is 20.1 Å². The molecular formula is C17H20N2O5. The molecule has 2 rings (SSSR count). The minimum Gasteiger partial charge on any atom is -0.465 e. The Bertz CT molecular complexity index is 692. The molecule has 1 aromatic carbocycles. The first-order valence-electron chi connectivity index (χ1n) is 7.51. The summed E-state index contributed by atoms with van der Waals surface area (Å²) in [5, 5.41) is 5.18. The highest BCUT2D eigenvalue weighted by molar-refractivity contribution is 6.03. The van der Waals surface area contributed by atoms with Crippen LogP contribution in [0, 0.1) is 5.92 Å². The van der Waals surface area contributed by atoms with Crippen molar-refractivity contribution in [3.05, 3.63) is 41.1 Å². The quantitative estimate of drug-likeness (QED) is 0.809. The summed E-state index contributed by atoms with van der Waals surface area (Å²) in [7, 11) is 2.49. The molecule has 0 radical (unpaired) electrons. The number of carbonyl (C=O) groups excluding carboxylic acids is 3. The third-order valence-corrected chi connectivity index (χ3v) is 3.75. The number of hydrogen-bond donors (Lipinski definition) is 2. The van der Waals surface area contributed by atoms with Crippen LogP contribution in [0.5, 0.6) is 0 Å². The van der Waals surface area contributed by atoms with Gasteiger partial charge in [-0.05, 0) is 43.9 Å². The van der Waals surface area contributed by atoms with E-state index < -0.39 is 18.0 Å². The van der Waals surface area contributed by atoms with E-state index in [0.717, 1.165) is 18.4 Å². The van der Waals surface area contributed by atoms with Gasteiger partial charge in [0.1, 0.15) is 0 Å². The molecule has 7 nitrogen and oxygen atoms in total. The summed E-state index contributed by atoms with van der Waals surface area (Å²) in [5.41, 5.74) is 1.62. The first kappa shape index (κ1) is 17.5. The molecule has 24 heavy (non-hydrogen) atoms. The van der Waals surface area contributed by atoms with E-state index in [1.165, 1.54) is 32.4 Å². The molecule has 0 saturated heterocycles. The van der Waals surface area contributed by atoms with Crippen molar-refractivity contribution in [2.24, 2.45) is 5.92 Å². The predicted molar refractivity (Wildman–Crippen MR) is 87.8 cm³/mol. The smallest absolute Gasteiger partial charge is 0.339 e. The van der Waals surface area contributed by atoms with Crippen molar-refractivity contribution in [1.29, 1.82) is 0 Å². The molecule has 1 saturated carbocycles. The number of amides is 2. The molecule has 1 fully saturated rings. The molecular weight excluding hydrogens is 312 g/mol. The standard InChI is InChI=1S/C17H20N2O5/c1-10(11-4-5-11)9-18-17(22)19-14-8-12(15(20)23-2)6-7-13(14)16(21)24-3/h6-9,11H,4-5H2,1-3H3,(H2,18,19,22)/b10-9+. The molecule has 0 aliphatic heterocycles. The summed E-state index contributed by atoms with van der Waals surface area (Å²) in [6.07, 6.45) is 3.92. The average Bonchev–Trinajstić information content (AvgIpc) is 3.43. The number of allylic oxidation sites excluding steroid dienone is 1. The number of urea groups is 1. The molecule has 1 aliphatic rings. The van der Waals surface area contributed by atoms with E-state index in [4.69, 9.17) is 0 Å². The Balaban J connectivity index is 2.18. The second-order valence-electron chi connectivity index (χ2n) is 5.50. The summed E-state index contributed by atoms with van der Waals surface area (Å²) >= 11 is 0. The maximum atomic E-state index is 12.0. The number of carbonyl (C=O) groups is 3. The van der Waals surface area contributed by atoms with Gasteiger partial charge < -0.3 is 20.1 Å². The fourth-order valence-corrected chi connectivity index (χ4v) is 2.17. The Morgan fingerprint density at radius 1 is 1.12 bits per heavy atom. The van der Waals surface area contributed by atoms with Crippen molar-refractivity contribution in [3.63, 3.8) is 0 Å². The van der Waals surface area contributed by atoms with Crippen molar-refractivity contribution in [2.45, 2.75) is 19.8 Å². The second-order valence-corrected chi connectivity index (χ2v) is 5.50. The fourth-order valence-electron chi connectivity index (χ4n) is 2.17. The maximum absolute atomic E-state index is 12.0. The van der Waals surface area contributed by atoms with Crippen molar-refractivity contribution in [1.82, 2.24) is 5.32 Å². The third-order valence-electron chi connectivity index (χ3n) is 3.75. The summed E-state index contributed by atoms with van der Waals surface area (Å²) in [6, 6.07) is 3.69. The molecule has 0 aromatic heterocycles. The Hall–Kier alpha value is -2.83. The zero-order valence-corrected chi connectivity index (χ0v) is 13.8. The van der Waals surface area contributed by atoms with E-state index in [-0.39, 0.29) is 16.8 Å². The van der Waals surface area contributed by atoms with Gasteiger partial charge in [0.15, 0.2) is 0 Å². The molecule has 0 unspecified atom stereocenters. The van der Waals surface area contributed by atoms with E-state index in [0.29, 0.717) is 5.92 Å². The van der Waals surface area contributed by atoms with Gasteiger partial charge >= 0.3 is 18.0 Å². The van der Waals surface area contributed by atoms with Gasteiger partial charge in [0.05, 0.1) is 31.0 Å². The van der Waals surface area contributed by atoms with Crippen LogP contribution in [0.4, 0.5) is 10.5 Å². The summed E-state index contributed by atoms with van der Waals surface area (Å²) in [4.78, 5) is 35.5. The lowest BCUT2D eigenvalue weighted by Gasteiger charge is -2.11. The number of esters is 2. The summed E-state index contributed by atoms with van der Waals surface area (Å²) in [5.74, 6) is -0.649. The molecule has 0 heterocycles. The number of benzene rings is 1. The van der Waals surface area contributed by atoms with Gasteiger partial charge in [-0.15, -0.1) is 0 Å². The molecule has 0 bridgehead atoms. The molecule has 1 aromatic rings. The Morgan fingerprint density at radius 2 is 1.79 bits per heavy atom. The van der Waals surface area contributed by atoms with Gasteiger partial charge in [0, 0.05) is 6.20 Å². The van der Waals surface area contributed by atoms with Gasteiger partial charge in [0.25, 0.3) is 0 Å². The monoisotopic (exact) mass is 332 g/mol. The van der Waals surface area contributed by atoms with Crippen LogP contribution < -0.4 is 10.6 Å². The zero-order chi connectivity index (χ0) is 17.7. The van der Waals surface area contributed by atoms with E-state index in [1.807, 2.05) is 6.92 Å². The number of nitrogens with one attached hydrogen (secondary N) is 2. The molecule has 0 atom stereocenters. The number of methoxy groups -OCH3 is 2. The van der Waals surface area contributed by atoms with Gasteiger partial charge in [-0.25, -0.2) is 14.4 Å². The lowest BCUT2D eigenvalue weighted by molar-refractivity contribution is 0.0587. The highest BCUT2D eigenvalue weighted by Gasteiger charge is 2.23. The van der Waals surface area contributed by atoms with Gasteiger partial charge in [-0.3, -0.25) is 0 Å². The first-order valence-corrected chi connectivity index (χ1v) is 7.51. The number of hydrogen-bond acceptors (Lipinski definition) is 5. The predicted octanol–water partition coefficient (Wildman–Crippen LogP) is 2.70. The van der Waals surface area contributed by atoms with E-state index in [9.17, 15) is 14.4 Å². The lowest BCUT2D eigenvalue weighted by atomic mass is 10.1. The Morgan fingerprint density at radius 3 is 2.38 bits per heavy atom. The Labute approximate surface area is 140 Å². The van der Waals surface area contributed by atoms with Crippen LogP contribution in [0.2, 0.25) is 0 Å². The molecule has 0 spiro atoms. The maximum Gasteiger partial charge on any atom is 0.339 e. The minimum atomic E-state index is -0.619. The van der Waals surface area contributed by atoms with Crippen LogP contribution in [0.1, 0.15) is 40.5 Å². The number of rotatable bonds is 5.